The van der Waals surface area contributed by atoms with Crippen LogP contribution < -0.4 is 4.74 Å². The number of aryl methyl sites for hydroxylation is 1. The predicted molar refractivity (Wildman–Crippen MR) is 75.2 cm³/mol. The van der Waals surface area contributed by atoms with Gasteiger partial charge in [0.15, 0.2) is 5.78 Å². The van der Waals surface area contributed by atoms with Crippen molar-refractivity contribution in [1.29, 1.82) is 0 Å². The van der Waals surface area contributed by atoms with Gasteiger partial charge in [0.05, 0.1) is 18.4 Å². The zero-order chi connectivity index (χ0) is 14.2. The van der Waals surface area contributed by atoms with Gasteiger partial charge in [-0.3, -0.25) is 4.79 Å². The van der Waals surface area contributed by atoms with Gasteiger partial charge in [-0.25, -0.2) is 0 Å². The van der Waals surface area contributed by atoms with E-state index in [-0.39, 0.29) is 5.78 Å². The molecule has 1 aromatic carbocycles. The maximum absolute atomic E-state index is 12.2. The third kappa shape index (κ3) is 3.96. The van der Waals surface area contributed by atoms with Crippen LogP contribution in [0.5, 0.6) is 5.75 Å². The Morgan fingerprint density at radius 1 is 1.15 bits per heavy atom. The number of ether oxygens (including phenoxy) is 2. The molecule has 0 aliphatic carbocycles. The van der Waals surface area contributed by atoms with Crippen molar-refractivity contribution in [1.82, 2.24) is 0 Å². The highest BCUT2D eigenvalue weighted by Gasteiger charge is 2.12. The van der Waals surface area contributed by atoms with Crippen LogP contribution in [0, 0.1) is 0 Å². The summed E-state index contributed by atoms with van der Waals surface area (Å²) in [5.41, 5.74) is 0.607. The standard InChI is InChI=1S/C16H18O4/c1-18-11-12-20-16-7-3-2-6-14(16)15(17)9-8-13-5-4-10-19-13/h2-7,10H,8-9,11-12H2,1H3. The zero-order valence-corrected chi connectivity index (χ0v) is 11.5. The monoisotopic (exact) mass is 274 g/mol. The maximum atomic E-state index is 12.2. The number of ketones is 1. The van der Waals surface area contributed by atoms with Crippen LogP contribution in [0.2, 0.25) is 0 Å². The van der Waals surface area contributed by atoms with E-state index in [4.69, 9.17) is 13.9 Å². The van der Waals surface area contributed by atoms with Crippen molar-refractivity contribution >= 4 is 5.78 Å². The molecule has 0 aliphatic rings. The van der Waals surface area contributed by atoms with Crippen LogP contribution >= 0.6 is 0 Å². The molecule has 2 aromatic rings. The highest BCUT2D eigenvalue weighted by Crippen LogP contribution is 2.20. The summed E-state index contributed by atoms with van der Waals surface area (Å²) in [5, 5.41) is 0. The summed E-state index contributed by atoms with van der Waals surface area (Å²) in [4.78, 5) is 12.2. The molecule has 0 unspecified atom stereocenters. The van der Waals surface area contributed by atoms with Crippen molar-refractivity contribution in [2.24, 2.45) is 0 Å². The molecule has 106 valence electrons. The summed E-state index contributed by atoms with van der Waals surface area (Å²) in [6.45, 7) is 0.925. The van der Waals surface area contributed by atoms with Gasteiger partial charge < -0.3 is 13.9 Å². The summed E-state index contributed by atoms with van der Waals surface area (Å²) in [7, 11) is 1.61. The number of rotatable bonds is 8. The molecule has 4 nitrogen and oxygen atoms in total. The van der Waals surface area contributed by atoms with Gasteiger partial charge in [-0.1, -0.05) is 12.1 Å². The fraction of sp³-hybridized carbons (Fsp3) is 0.312. The number of carbonyl (C=O) groups is 1. The average molecular weight is 274 g/mol. The Morgan fingerprint density at radius 3 is 2.75 bits per heavy atom. The van der Waals surface area contributed by atoms with Gasteiger partial charge in [0, 0.05) is 20.0 Å². The fourth-order valence-corrected chi connectivity index (χ4v) is 1.88. The van der Waals surface area contributed by atoms with Crippen molar-refractivity contribution in [2.75, 3.05) is 20.3 Å². The molecule has 0 bridgehead atoms. The van der Waals surface area contributed by atoms with Crippen LogP contribution in [0.3, 0.4) is 0 Å². The van der Waals surface area contributed by atoms with E-state index >= 15 is 0 Å². The highest BCUT2D eigenvalue weighted by molar-refractivity contribution is 5.98. The zero-order valence-electron chi connectivity index (χ0n) is 11.5. The number of carbonyl (C=O) groups excluding carboxylic acids is 1. The van der Waals surface area contributed by atoms with Gasteiger partial charge in [-0.05, 0) is 24.3 Å². The van der Waals surface area contributed by atoms with Crippen molar-refractivity contribution < 1.29 is 18.7 Å². The first-order valence-electron chi connectivity index (χ1n) is 6.57. The van der Waals surface area contributed by atoms with Gasteiger partial charge in [0.1, 0.15) is 18.1 Å². The van der Waals surface area contributed by atoms with E-state index < -0.39 is 0 Å². The van der Waals surface area contributed by atoms with E-state index in [0.717, 1.165) is 5.76 Å². The molecule has 0 radical (unpaired) electrons. The van der Waals surface area contributed by atoms with E-state index in [9.17, 15) is 4.79 Å². The molecule has 0 aliphatic heterocycles. The Kier molecular flexibility index (Phi) is 5.38. The summed E-state index contributed by atoms with van der Waals surface area (Å²) in [6, 6.07) is 11.0. The molecule has 0 spiro atoms. The maximum Gasteiger partial charge on any atom is 0.167 e. The molecule has 0 fully saturated rings. The van der Waals surface area contributed by atoms with E-state index in [1.165, 1.54) is 0 Å². The topological polar surface area (TPSA) is 48.7 Å². The van der Waals surface area contributed by atoms with Gasteiger partial charge in [-0.2, -0.15) is 0 Å². The Morgan fingerprint density at radius 2 is 2.00 bits per heavy atom. The molecule has 0 saturated heterocycles. The molecule has 0 atom stereocenters. The first kappa shape index (κ1) is 14.3. The van der Waals surface area contributed by atoms with E-state index in [1.807, 2.05) is 24.3 Å². The second kappa shape index (κ2) is 7.50. The van der Waals surface area contributed by atoms with Crippen LogP contribution in [0.25, 0.3) is 0 Å². The Bertz CT molecular complexity index is 531. The normalized spacial score (nSPS) is 10.4. The molecule has 2 rings (SSSR count). The number of benzene rings is 1. The number of methoxy groups -OCH3 is 1. The van der Waals surface area contributed by atoms with Crippen molar-refractivity contribution in [2.45, 2.75) is 12.8 Å². The number of para-hydroxylation sites is 1. The van der Waals surface area contributed by atoms with Crippen LogP contribution in [0.1, 0.15) is 22.5 Å². The lowest BCUT2D eigenvalue weighted by Gasteiger charge is -2.10. The van der Waals surface area contributed by atoms with Gasteiger partial charge in [-0.15, -0.1) is 0 Å². The van der Waals surface area contributed by atoms with E-state index in [1.54, 1.807) is 25.5 Å². The van der Waals surface area contributed by atoms with Crippen LogP contribution in [-0.2, 0) is 11.2 Å². The Balaban J connectivity index is 1.97. The summed E-state index contributed by atoms with van der Waals surface area (Å²) in [6.07, 6.45) is 2.61. The number of Topliss-reactive ketones (excluding diaryl/α,β-unsaturated/α-hetero) is 1. The van der Waals surface area contributed by atoms with Gasteiger partial charge >= 0.3 is 0 Å². The minimum Gasteiger partial charge on any atom is -0.490 e. The number of hydrogen-bond donors (Lipinski definition) is 0. The summed E-state index contributed by atoms with van der Waals surface area (Å²) < 4.78 is 15.7. The van der Waals surface area contributed by atoms with Crippen molar-refractivity contribution in [3.63, 3.8) is 0 Å². The van der Waals surface area contributed by atoms with Crippen molar-refractivity contribution in [3.8, 4) is 5.75 Å². The first-order chi connectivity index (χ1) is 9.81. The van der Waals surface area contributed by atoms with Crippen LogP contribution in [0.4, 0.5) is 0 Å². The largest absolute Gasteiger partial charge is 0.490 e. The minimum atomic E-state index is 0.0504. The predicted octanol–water partition coefficient (Wildman–Crippen LogP) is 3.12. The quantitative estimate of drug-likeness (QED) is 0.548. The molecule has 0 saturated carbocycles. The smallest absolute Gasteiger partial charge is 0.167 e. The number of hydrogen-bond acceptors (Lipinski definition) is 4. The van der Waals surface area contributed by atoms with Gasteiger partial charge in [0.2, 0.25) is 0 Å². The number of furan rings is 1. The van der Waals surface area contributed by atoms with E-state index in [0.29, 0.717) is 37.4 Å². The molecule has 4 heteroatoms. The molecule has 1 heterocycles. The van der Waals surface area contributed by atoms with E-state index in [2.05, 4.69) is 0 Å². The molecular formula is C16H18O4. The van der Waals surface area contributed by atoms with Gasteiger partial charge in [0.25, 0.3) is 0 Å². The second-order valence-corrected chi connectivity index (χ2v) is 4.34. The second-order valence-electron chi connectivity index (χ2n) is 4.34. The highest BCUT2D eigenvalue weighted by atomic mass is 16.5. The SMILES string of the molecule is COCCOc1ccccc1C(=O)CCc1ccco1. The molecular weight excluding hydrogens is 256 g/mol. The Labute approximate surface area is 118 Å². The van der Waals surface area contributed by atoms with Crippen LogP contribution in [0.15, 0.2) is 47.1 Å². The molecule has 1 aromatic heterocycles. The van der Waals surface area contributed by atoms with Crippen molar-refractivity contribution in [3.05, 3.63) is 54.0 Å². The third-order valence-corrected chi connectivity index (χ3v) is 2.91. The van der Waals surface area contributed by atoms with Crippen LogP contribution in [-0.4, -0.2) is 26.1 Å². The summed E-state index contributed by atoms with van der Waals surface area (Å²) in [5.74, 6) is 1.47. The molecule has 0 amide bonds. The fourth-order valence-electron chi connectivity index (χ4n) is 1.88. The first-order valence-corrected chi connectivity index (χ1v) is 6.57. The lowest BCUT2D eigenvalue weighted by Crippen LogP contribution is -2.09. The third-order valence-electron chi connectivity index (χ3n) is 2.91. The summed E-state index contributed by atoms with van der Waals surface area (Å²) >= 11 is 0. The minimum absolute atomic E-state index is 0.0504. The Hall–Kier alpha value is -2.07. The lowest BCUT2D eigenvalue weighted by molar-refractivity contribution is 0.0973. The molecule has 20 heavy (non-hydrogen) atoms. The molecule has 0 N–H and O–H groups in total. The average Bonchev–Trinajstić information content (AvgIpc) is 2.99. The lowest BCUT2D eigenvalue weighted by atomic mass is 10.0.